The summed E-state index contributed by atoms with van der Waals surface area (Å²) in [6.07, 6.45) is 1.23. The van der Waals surface area contributed by atoms with Gasteiger partial charge in [0.2, 0.25) is 5.91 Å². The molecule has 2 aromatic carbocycles. The maximum atomic E-state index is 14.4. The van der Waals surface area contributed by atoms with E-state index in [-0.39, 0.29) is 28.7 Å². The number of carbonyl (C=O) groups excluding carboxylic acids is 2. The molecule has 5 nitrogen and oxygen atoms in total. The summed E-state index contributed by atoms with van der Waals surface area (Å²) in [5, 5.41) is 2.93. The highest BCUT2D eigenvalue weighted by atomic mass is 19.1. The fraction of sp³-hybridized carbons (Fsp3) is 0.300. The normalized spacial score (nSPS) is 17.6. The molecule has 140 valence electrons. The lowest BCUT2D eigenvalue weighted by atomic mass is 9.87. The first kappa shape index (κ1) is 17.5. The van der Waals surface area contributed by atoms with Crippen molar-refractivity contribution in [2.24, 2.45) is 0 Å². The SMILES string of the molecule is COc1ccc(F)c(-c2ccc(C(=O)N3CC4(CCC(=O)N4)C3)cc2)c1F. The Kier molecular flexibility index (Phi) is 4.09. The Balaban J connectivity index is 1.52. The lowest BCUT2D eigenvalue weighted by molar-refractivity contribution is -0.120. The van der Waals surface area contributed by atoms with Crippen LogP contribution >= 0.6 is 0 Å². The smallest absolute Gasteiger partial charge is 0.254 e. The summed E-state index contributed by atoms with van der Waals surface area (Å²) in [6, 6.07) is 8.50. The molecule has 0 saturated carbocycles. The van der Waals surface area contributed by atoms with Crippen molar-refractivity contribution in [2.45, 2.75) is 18.4 Å². The molecular formula is C20H18F2N2O3. The zero-order valence-electron chi connectivity index (χ0n) is 14.7. The molecule has 27 heavy (non-hydrogen) atoms. The van der Waals surface area contributed by atoms with E-state index in [0.29, 0.717) is 30.6 Å². The Morgan fingerprint density at radius 2 is 1.85 bits per heavy atom. The summed E-state index contributed by atoms with van der Waals surface area (Å²) in [4.78, 5) is 25.6. The first-order chi connectivity index (χ1) is 12.9. The van der Waals surface area contributed by atoms with E-state index in [0.717, 1.165) is 12.5 Å². The van der Waals surface area contributed by atoms with E-state index in [1.807, 2.05) is 0 Å². The van der Waals surface area contributed by atoms with Crippen molar-refractivity contribution >= 4 is 11.8 Å². The average Bonchev–Trinajstić information content (AvgIpc) is 3.03. The van der Waals surface area contributed by atoms with E-state index >= 15 is 0 Å². The number of benzene rings is 2. The summed E-state index contributed by atoms with van der Waals surface area (Å²) in [5.74, 6) is -1.67. The van der Waals surface area contributed by atoms with Gasteiger partial charge in [-0.25, -0.2) is 8.78 Å². The van der Waals surface area contributed by atoms with Gasteiger partial charge < -0.3 is 15.0 Å². The van der Waals surface area contributed by atoms with E-state index in [9.17, 15) is 18.4 Å². The second-order valence-corrected chi connectivity index (χ2v) is 7.01. The molecule has 0 radical (unpaired) electrons. The molecular weight excluding hydrogens is 354 g/mol. The van der Waals surface area contributed by atoms with Gasteiger partial charge in [0, 0.05) is 25.1 Å². The van der Waals surface area contributed by atoms with Gasteiger partial charge in [0.15, 0.2) is 11.6 Å². The number of nitrogens with one attached hydrogen (secondary N) is 1. The van der Waals surface area contributed by atoms with E-state index in [1.165, 1.54) is 25.3 Å². The Bertz CT molecular complexity index is 922. The predicted molar refractivity (Wildman–Crippen MR) is 94.4 cm³/mol. The molecule has 1 N–H and O–H groups in total. The third-order valence-electron chi connectivity index (χ3n) is 5.21. The highest BCUT2D eigenvalue weighted by Gasteiger charge is 2.49. The molecule has 7 heteroatoms. The van der Waals surface area contributed by atoms with Crippen molar-refractivity contribution in [1.82, 2.24) is 10.2 Å². The second kappa shape index (κ2) is 6.33. The number of carbonyl (C=O) groups is 2. The summed E-state index contributed by atoms with van der Waals surface area (Å²) in [6.45, 7) is 0.969. The zero-order chi connectivity index (χ0) is 19.2. The molecule has 2 aliphatic rings. The molecule has 2 fully saturated rings. The third-order valence-corrected chi connectivity index (χ3v) is 5.21. The van der Waals surface area contributed by atoms with Crippen molar-refractivity contribution < 1.29 is 23.1 Å². The first-order valence-electron chi connectivity index (χ1n) is 8.65. The number of ether oxygens (including phenoxy) is 1. The number of likely N-dealkylation sites (tertiary alicyclic amines) is 1. The highest BCUT2D eigenvalue weighted by molar-refractivity contribution is 5.96. The van der Waals surface area contributed by atoms with E-state index in [1.54, 1.807) is 17.0 Å². The Labute approximate surface area is 154 Å². The van der Waals surface area contributed by atoms with Gasteiger partial charge in [-0.2, -0.15) is 0 Å². The standard InChI is InChI=1S/C20H18F2N2O3/c1-27-15-7-6-14(21)17(18(15)22)12-2-4-13(5-3-12)19(26)24-10-20(11-24)9-8-16(25)23-20/h2-7H,8-11H2,1H3,(H,23,25). The van der Waals surface area contributed by atoms with Crippen LogP contribution in [0.2, 0.25) is 0 Å². The molecule has 2 aromatic rings. The van der Waals surface area contributed by atoms with Gasteiger partial charge in [0.25, 0.3) is 5.91 Å². The van der Waals surface area contributed by atoms with Crippen molar-refractivity contribution in [3.05, 3.63) is 53.6 Å². The van der Waals surface area contributed by atoms with Crippen LogP contribution in [-0.4, -0.2) is 42.5 Å². The largest absolute Gasteiger partial charge is 0.494 e. The Morgan fingerprint density at radius 3 is 2.44 bits per heavy atom. The molecule has 2 heterocycles. The average molecular weight is 372 g/mol. The molecule has 0 aromatic heterocycles. The van der Waals surface area contributed by atoms with Gasteiger partial charge in [0.1, 0.15) is 5.82 Å². The molecule has 2 saturated heterocycles. The van der Waals surface area contributed by atoms with Gasteiger partial charge in [-0.05, 0) is 36.2 Å². The number of rotatable bonds is 3. The quantitative estimate of drug-likeness (QED) is 0.901. The lowest BCUT2D eigenvalue weighted by Gasteiger charge is -2.47. The number of halogens is 2. The Hall–Kier alpha value is -2.96. The minimum atomic E-state index is -0.779. The monoisotopic (exact) mass is 372 g/mol. The number of methoxy groups -OCH3 is 1. The maximum Gasteiger partial charge on any atom is 0.254 e. The van der Waals surface area contributed by atoms with Crippen LogP contribution in [0.5, 0.6) is 5.75 Å². The van der Waals surface area contributed by atoms with Crippen LogP contribution in [0, 0.1) is 11.6 Å². The van der Waals surface area contributed by atoms with Crippen LogP contribution in [0.4, 0.5) is 8.78 Å². The minimum Gasteiger partial charge on any atom is -0.494 e. The van der Waals surface area contributed by atoms with Crippen LogP contribution < -0.4 is 10.1 Å². The molecule has 2 amide bonds. The fourth-order valence-electron chi connectivity index (χ4n) is 3.76. The molecule has 2 aliphatic heterocycles. The molecule has 0 unspecified atom stereocenters. The topological polar surface area (TPSA) is 58.6 Å². The van der Waals surface area contributed by atoms with Crippen molar-refractivity contribution in [3.63, 3.8) is 0 Å². The minimum absolute atomic E-state index is 0.0220. The van der Waals surface area contributed by atoms with Crippen LogP contribution in [0.15, 0.2) is 36.4 Å². The zero-order valence-corrected chi connectivity index (χ0v) is 14.7. The Morgan fingerprint density at radius 1 is 1.15 bits per heavy atom. The number of hydrogen-bond donors (Lipinski definition) is 1. The predicted octanol–water partition coefficient (Wildman–Crippen LogP) is 2.75. The van der Waals surface area contributed by atoms with Gasteiger partial charge in [0.05, 0.1) is 18.2 Å². The van der Waals surface area contributed by atoms with Crippen LogP contribution in [0.25, 0.3) is 11.1 Å². The van der Waals surface area contributed by atoms with Crippen molar-refractivity contribution in [1.29, 1.82) is 0 Å². The highest BCUT2D eigenvalue weighted by Crippen LogP contribution is 2.33. The lowest BCUT2D eigenvalue weighted by Crippen LogP contribution is -2.68. The summed E-state index contributed by atoms with van der Waals surface area (Å²) in [7, 11) is 1.31. The van der Waals surface area contributed by atoms with Gasteiger partial charge >= 0.3 is 0 Å². The summed E-state index contributed by atoms with van der Waals surface area (Å²) >= 11 is 0. The van der Waals surface area contributed by atoms with Crippen LogP contribution in [0.1, 0.15) is 23.2 Å². The first-order valence-corrected chi connectivity index (χ1v) is 8.65. The van der Waals surface area contributed by atoms with Gasteiger partial charge in [-0.15, -0.1) is 0 Å². The molecule has 0 aliphatic carbocycles. The van der Waals surface area contributed by atoms with Gasteiger partial charge in [-0.1, -0.05) is 12.1 Å². The van der Waals surface area contributed by atoms with Crippen molar-refractivity contribution in [3.8, 4) is 16.9 Å². The summed E-state index contributed by atoms with van der Waals surface area (Å²) in [5.41, 5.74) is 0.287. The fourth-order valence-corrected chi connectivity index (χ4v) is 3.76. The summed E-state index contributed by atoms with van der Waals surface area (Å²) < 4.78 is 33.4. The van der Waals surface area contributed by atoms with Crippen molar-refractivity contribution in [2.75, 3.05) is 20.2 Å². The maximum absolute atomic E-state index is 14.4. The molecule has 0 bridgehead atoms. The molecule has 4 rings (SSSR count). The molecule has 1 spiro atoms. The number of hydrogen-bond acceptors (Lipinski definition) is 3. The number of nitrogens with zero attached hydrogens (tertiary/aromatic N) is 1. The van der Waals surface area contributed by atoms with Crippen LogP contribution in [-0.2, 0) is 4.79 Å². The van der Waals surface area contributed by atoms with Crippen LogP contribution in [0.3, 0.4) is 0 Å². The molecule has 0 atom stereocenters. The van der Waals surface area contributed by atoms with E-state index in [2.05, 4.69) is 5.32 Å². The van der Waals surface area contributed by atoms with Gasteiger partial charge in [-0.3, -0.25) is 9.59 Å². The number of amides is 2. The van der Waals surface area contributed by atoms with E-state index < -0.39 is 11.6 Å². The second-order valence-electron chi connectivity index (χ2n) is 7.01. The van der Waals surface area contributed by atoms with E-state index in [4.69, 9.17) is 4.74 Å². The third kappa shape index (κ3) is 2.93.